The molecule has 6 nitrogen and oxygen atoms in total. The molecule has 33 heavy (non-hydrogen) atoms. The summed E-state index contributed by atoms with van der Waals surface area (Å²) >= 11 is 6.11. The molecule has 1 heterocycles. The minimum Gasteiger partial charge on any atom is -0.395 e. The van der Waals surface area contributed by atoms with E-state index in [1.54, 1.807) is 34.1 Å². The number of alkyl halides is 3. The number of benzene rings is 2. The Balaban J connectivity index is 1.88. The molecule has 0 saturated carbocycles. The van der Waals surface area contributed by atoms with Gasteiger partial charge in [-0.1, -0.05) is 35.9 Å². The van der Waals surface area contributed by atoms with Crippen LogP contribution in [0.5, 0.6) is 0 Å². The molecule has 2 N–H and O–H groups in total. The molecule has 2 aromatic rings. The van der Waals surface area contributed by atoms with Crippen LogP contribution < -0.4 is 5.73 Å². The number of aliphatic imine (C=N–C) groups is 1. The molecule has 174 valence electrons. The Morgan fingerprint density at radius 3 is 2.06 bits per heavy atom. The molecular formula is C23H22ClF3N4O2. The van der Waals surface area contributed by atoms with E-state index >= 15 is 0 Å². The quantitative estimate of drug-likeness (QED) is 0.670. The van der Waals surface area contributed by atoms with E-state index in [0.717, 1.165) is 6.08 Å². The number of amides is 2. The van der Waals surface area contributed by atoms with E-state index in [1.807, 2.05) is 0 Å². The summed E-state index contributed by atoms with van der Waals surface area (Å²) in [6, 6.07) is 12.5. The van der Waals surface area contributed by atoms with Gasteiger partial charge in [0.15, 0.2) is 0 Å². The van der Waals surface area contributed by atoms with Crippen LogP contribution in [0.4, 0.5) is 18.9 Å². The van der Waals surface area contributed by atoms with Crippen molar-refractivity contribution in [1.29, 1.82) is 0 Å². The van der Waals surface area contributed by atoms with Crippen molar-refractivity contribution in [2.24, 2.45) is 10.7 Å². The average molecular weight is 479 g/mol. The number of carbonyl (C=O) groups excluding carboxylic acids is 2. The number of nitrogens with zero attached hydrogens (tertiary/aromatic N) is 3. The smallest absolute Gasteiger partial charge is 0.395 e. The van der Waals surface area contributed by atoms with Gasteiger partial charge in [0.05, 0.1) is 16.4 Å². The molecule has 0 unspecified atom stereocenters. The molecule has 1 aliphatic heterocycles. The largest absolute Gasteiger partial charge is 0.430 e. The summed E-state index contributed by atoms with van der Waals surface area (Å²) in [6.07, 6.45) is -3.99. The first-order valence-electron chi connectivity index (χ1n) is 10.1. The van der Waals surface area contributed by atoms with Crippen LogP contribution in [0, 0.1) is 0 Å². The molecule has 1 fully saturated rings. The lowest BCUT2D eigenvalue weighted by molar-refractivity contribution is -0.130. The molecule has 0 atom stereocenters. The lowest BCUT2D eigenvalue weighted by atomic mass is 10.0. The Hall–Kier alpha value is -3.33. The third kappa shape index (κ3) is 6.13. The van der Waals surface area contributed by atoms with Crippen LogP contribution in [0.25, 0.3) is 0 Å². The molecule has 3 rings (SSSR count). The normalized spacial score (nSPS) is 15.5. The van der Waals surface area contributed by atoms with Crippen molar-refractivity contribution in [3.05, 3.63) is 76.5 Å². The highest BCUT2D eigenvalue weighted by Crippen LogP contribution is 2.27. The Bertz CT molecular complexity index is 1090. The first-order valence-corrected chi connectivity index (χ1v) is 10.5. The minimum atomic E-state index is -4.72. The first kappa shape index (κ1) is 24.3. The Kier molecular flexibility index (Phi) is 7.43. The van der Waals surface area contributed by atoms with Gasteiger partial charge >= 0.3 is 6.18 Å². The van der Waals surface area contributed by atoms with Crippen molar-refractivity contribution in [1.82, 2.24) is 9.80 Å². The van der Waals surface area contributed by atoms with Crippen LogP contribution in [0.3, 0.4) is 0 Å². The predicted octanol–water partition coefficient (Wildman–Crippen LogP) is 4.17. The summed E-state index contributed by atoms with van der Waals surface area (Å²) in [5.74, 6) is -0.261. The van der Waals surface area contributed by atoms with Gasteiger partial charge in [-0.25, -0.2) is 4.99 Å². The summed E-state index contributed by atoms with van der Waals surface area (Å²) in [5, 5.41) is 0.269. The fourth-order valence-electron chi connectivity index (χ4n) is 3.27. The van der Waals surface area contributed by atoms with Gasteiger partial charge in [0.1, 0.15) is 5.70 Å². The maximum absolute atomic E-state index is 13.0. The van der Waals surface area contributed by atoms with Gasteiger partial charge in [0.2, 0.25) is 5.91 Å². The minimum absolute atomic E-state index is 0.0389. The number of nitrogens with two attached hydrogens (primary N) is 1. The lowest BCUT2D eigenvalue weighted by Crippen LogP contribution is -2.50. The van der Waals surface area contributed by atoms with Crippen molar-refractivity contribution >= 4 is 34.8 Å². The number of carbonyl (C=O) groups is 2. The highest BCUT2D eigenvalue weighted by Gasteiger charge is 2.32. The Morgan fingerprint density at radius 2 is 1.52 bits per heavy atom. The van der Waals surface area contributed by atoms with Crippen molar-refractivity contribution in [3.8, 4) is 0 Å². The van der Waals surface area contributed by atoms with Crippen LogP contribution in [0.2, 0.25) is 5.02 Å². The molecule has 2 amide bonds. The zero-order valence-electron chi connectivity index (χ0n) is 17.8. The third-order valence-electron chi connectivity index (χ3n) is 5.15. The number of hydrogen-bond donors (Lipinski definition) is 1. The first-order chi connectivity index (χ1) is 15.6. The standard InChI is InChI=1S/C23H22ClF3N4O2/c1-15(32)30-10-12-31(13-11-30)22(33)17-8-6-16(7-9-17)20(14-21(28)23(25,26)27)29-19-5-3-2-4-18(19)24/h2-9,14H,10-13,28H2,1H3/b21-14-,29-20?. The maximum Gasteiger partial charge on any atom is 0.430 e. The summed E-state index contributed by atoms with van der Waals surface area (Å²) < 4.78 is 39.1. The van der Waals surface area contributed by atoms with E-state index in [4.69, 9.17) is 17.3 Å². The van der Waals surface area contributed by atoms with Gasteiger partial charge in [-0.05, 0) is 30.3 Å². The Morgan fingerprint density at radius 1 is 0.970 bits per heavy atom. The van der Waals surface area contributed by atoms with Crippen LogP contribution in [0.15, 0.2) is 65.3 Å². The predicted molar refractivity (Wildman–Crippen MR) is 121 cm³/mol. The zero-order valence-corrected chi connectivity index (χ0v) is 18.5. The molecule has 0 radical (unpaired) electrons. The Labute approximate surface area is 194 Å². The highest BCUT2D eigenvalue weighted by molar-refractivity contribution is 6.33. The third-order valence-corrected chi connectivity index (χ3v) is 5.47. The second kappa shape index (κ2) is 10.1. The van der Waals surface area contributed by atoms with Gasteiger partial charge in [-0.2, -0.15) is 13.2 Å². The number of allylic oxidation sites excluding steroid dienone is 2. The number of piperazine rings is 1. The summed E-state index contributed by atoms with van der Waals surface area (Å²) in [4.78, 5) is 31.8. The molecule has 1 aliphatic rings. The number of para-hydroxylation sites is 1. The SMILES string of the molecule is CC(=O)N1CCN(C(=O)c2ccc(C(/C=C(\N)C(F)(F)F)=Nc3ccccc3Cl)cc2)CC1. The van der Waals surface area contributed by atoms with Gasteiger partial charge in [0.25, 0.3) is 5.91 Å². The molecule has 10 heteroatoms. The summed E-state index contributed by atoms with van der Waals surface area (Å²) in [5.41, 5.74) is 4.85. The van der Waals surface area contributed by atoms with E-state index in [0.29, 0.717) is 37.3 Å². The maximum atomic E-state index is 13.0. The molecule has 2 aromatic carbocycles. The molecule has 0 aliphatic carbocycles. The molecular weight excluding hydrogens is 457 g/mol. The van der Waals surface area contributed by atoms with Crippen molar-refractivity contribution in [2.45, 2.75) is 13.1 Å². The van der Waals surface area contributed by atoms with Gasteiger partial charge < -0.3 is 15.5 Å². The molecule has 0 aromatic heterocycles. The van der Waals surface area contributed by atoms with Gasteiger partial charge in [-0.3, -0.25) is 9.59 Å². The van der Waals surface area contributed by atoms with Gasteiger partial charge in [-0.15, -0.1) is 0 Å². The summed E-state index contributed by atoms with van der Waals surface area (Å²) in [6.45, 7) is 3.21. The van der Waals surface area contributed by atoms with E-state index in [1.165, 1.54) is 31.2 Å². The zero-order chi connectivity index (χ0) is 24.2. The average Bonchev–Trinajstić information content (AvgIpc) is 2.79. The molecule has 0 bridgehead atoms. The molecule has 1 saturated heterocycles. The second-order valence-electron chi connectivity index (χ2n) is 7.42. The summed E-state index contributed by atoms with van der Waals surface area (Å²) in [7, 11) is 0. The van der Waals surface area contributed by atoms with Crippen LogP contribution in [0.1, 0.15) is 22.8 Å². The molecule has 0 spiro atoms. The fourth-order valence-corrected chi connectivity index (χ4v) is 3.45. The van der Waals surface area contributed by atoms with Crippen molar-refractivity contribution in [2.75, 3.05) is 26.2 Å². The lowest BCUT2D eigenvalue weighted by Gasteiger charge is -2.34. The van der Waals surface area contributed by atoms with E-state index < -0.39 is 11.9 Å². The highest BCUT2D eigenvalue weighted by atomic mass is 35.5. The number of halogens is 4. The second-order valence-corrected chi connectivity index (χ2v) is 7.83. The van der Waals surface area contributed by atoms with Crippen LogP contribution in [-0.4, -0.2) is 59.7 Å². The van der Waals surface area contributed by atoms with Crippen molar-refractivity contribution < 1.29 is 22.8 Å². The van der Waals surface area contributed by atoms with Crippen LogP contribution >= 0.6 is 11.6 Å². The van der Waals surface area contributed by atoms with Gasteiger partial charge in [0, 0.05) is 44.2 Å². The number of hydrogen-bond acceptors (Lipinski definition) is 4. The monoisotopic (exact) mass is 478 g/mol. The van der Waals surface area contributed by atoms with Crippen LogP contribution in [-0.2, 0) is 4.79 Å². The van der Waals surface area contributed by atoms with E-state index in [9.17, 15) is 22.8 Å². The topological polar surface area (TPSA) is 79.0 Å². The van der Waals surface area contributed by atoms with E-state index in [2.05, 4.69) is 4.99 Å². The van der Waals surface area contributed by atoms with Crippen molar-refractivity contribution in [3.63, 3.8) is 0 Å². The van der Waals surface area contributed by atoms with E-state index in [-0.39, 0.29) is 28.2 Å². The fraction of sp³-hybridized carbons (Fsp3) is 0.261. The number of rotatable bonds is 4.